The Hall–Kier alpha value is -1.46. The average molecular weight is 302 g/mol. The van der Waals surface area contributed by atoms with Crippen molar-refractivity contribution in [2.24, 2.45) is 0 Å². The quantitative estimate of drug-likeness (QED) is 0.738. The van der Waals surface area contributed by atoms with Crippen LogP contribution in [0, 0.1) is 0 Å². The van der Waals surface area contributed by atoms with Gasteiger partial charge >= 0.3 is 0 Å². The molecule has 1 fully saturated rings. The second-order valence-corrected chi connectivity index (χ2v) is 6.00. The number of ether oxygens (including phenoxy) is 1. The third-order valence-corrected chi connectivity index (χ3v) is 4.45. The van der Waals surface area contributed by atoms with E-state index >= 15 is 0 Å². The van der Waals surface area contributed by atoms with Crippen molar-refractivity contribution in [3.05, 3.63) is 24.3 Å². The molecule has 1 aromatic carbocycles. The Morgan fingerprint density at radius 3 is 2.73 bits per heavy atom. The second kappa shape index (κ2) is 7.70. The van der Waals surface area contributed by atoms with Crippen LogP contribution < -0.4 is 0 Å². The van der Waals surface area contributed by atoms with E-state index in [0.29, 0.717) is 6.10 Å². The number of rotatable bonds is 7. The molecule has 0 spiro atoms. The first-order chi connectivity index (χ1) is 10.9. The molecule has 3 rings (SSSR count). The maximum Gasteiger partial charge on any atom is 0.113 e. The Bertz CT molecular complexity index is 575. The minimum Gasteiger partial charge on any atom is -0.378 e. The number of hydrogen-bond donors (Lipinski definition) is 0. The number of unbranched alkanes of at least 4 members (excludes halogenated alkanes) is 1. The minimum absolute atomic E-state index is 0.489. The first-order valence-corrected chi connectivity index (χ1v) is 8.49. The van der Waals surface area contributed by atoms with Gasteiger partial charge in [-0.2, -0.15) is 0 Å². The molecule has 0 amide bonds. The average Bonchev–Trinajstić information content (AvgIpc) is 2.97. The van der Waals surface area contributed by atoms with Gasteiger partial charge in [0.05, 0.1) is 11.6 Å². The smallest absolute Gasteiger partial charge is 0.113 e. The summed E-state index contributed by atoms with van der Waals surface area (Å²) in [5, 5.41) is 8.45. The van der Waals surface area contributed by atoms with Crippen LogP contribution in [-0.2, 0) is 11.3 Å². The Morgan fingerprint density at radius 2 is 1.91 bits per heavy atom. The second-order valence-electron chi connectivity index (χ2n) is 6.00. The van der Waals surface area contributed by atoms with Gasteiger partial charge in [-0.05, 0) is 51.3 Å². The third kappa shape index (κ3) is 3.84. The highest BCUT2D eigenvalue weighted by Gasteiger charge is 2.18. The summed E-state index contributed by atoms with van der Waals surface area (Å²) in [6.45, 7) is 7.42. The zero-order valence-electron chi connectivity index (χ0n) is 13.4. The van der Waals surface area contributed by atoms with Crippen LogP contribution in [0.25, 0.3) is 11.0 Å². The van der Waals surface area contributed by atoms with Crippen molar-refractivity contribution in [1.82, 2.24) is 19.9 Å². The Labute approximate surface area is 132 Å². The van der Waals surface area contributed by atoms with Gasteiger partial charge < -0.3 is 9.64 Å². The van der Waals surface area contributed by atoms with E-state index in [1.54, 1.807) is 0 Å². The zero-order valence-corrected chi connectivity index (χ0v) is 13.4. The molecule has 2 heterocycles. The zero-order chi connectivity index (χ0) is 15.2. The lowest BCUT2D eigenvalue weighted by atomic mass is 10.1. The summed E-state index contributed by atoms with van der Waals surface area (Å²) in [5.74, 6) is 0. The van der Waals surface area contributed by atoms with E-state index in [-0.39, 0.29) is 0 Å². The highest BCUT2D eigenvalue weighted by atomic mass is 16.5. The molecule has 22 heavy (non-hydrogen) atoms. The highest BCUT2D eigenvalue weighted by Crippen LogP contribution is 2.15. The summed E-state index contributed by atoms with van der Waals surface area (Å²) in [7, 11) is 0. The van der Waals surface area contributed by atoms with Crippen LogP contribution in [0.4, 0.5) is 0 Å². The minimum atomic E-state index is 0.489. The molecule has 120 valence electrons. The van der Waals surface area contributed by atoms with Gasteiger partial charge in [0.15, 0.2) is 0 Å². The maximum atomic E-state index is 5.70. The summed E-state index contributed by atoms with van der Waals surface area (Å²) in [6, 6.07) is 8.16. The predicted octanol–water partition coefficient (Wildman–Crippen LogP) is 2.71. The number of para-hydroxylation sites is 1. The maximum absolute atomic E-state index is 5.70. The van der Waals surface area contributed by atoms with Crippen molar-refractivity contribution >= 4 is 11.0 Å². The number of aryl methyl sites for hydroxylation is 1. The van der Waals surface area contributed by atoms with E-state index < -0.39 is 0 Å². The first kappa shape index (κ1) is 15.4. The van der Waals surface area contributed by atoms with E-state index in [0.717, 1.165) is 30.6 Å². The van der Waals surface area contributed by atoms with Crippen molar-refractivity contribution < 1.29 is 4.74 Å². The standard InChI is InChI=1S/C17H26N4O/c1-2-22-15-9-13-20(14-10-15)11-5-6-12-21-17-8-4-3-7-16(17)18-19-21/h3-4,7-8,15H,2,5-6,9-14H2,1H3. The van der Waals surface area contributed by atoms with Gasteiger partial charge in [-0.15, -0.1) is 5.10 Å². The van der Waals surface area contributed by atoms with Gasteiger partial charge in [-0.25, -0.2) is 4.68 Å². The summed E-state index contributed by atoms with van der Waals surface area (Å²) >= 11 is 0. The molecule has 5 heteroatoms. The lowest BCUT2D eigenvalue weighted by Crippen LogP contribution is -2.37. The van der Waals surface area contributed by atoms with Crippen molar-refractivity contribution in [2.75, 3.05) is 26.2 Å². The van der Waals surface area contributed by atoms with Crippen LogP contribution in [-0.4, -0.2) is 52.2 Å². The monoisotopic (exact) mass is 302 g/mol. The fourth-order valence-electron chi connectivity index (χ4n) is 3.21. The topological polar surface area (TPSA) is 43.2 Å². The molecule has 0 aliphatic carbocycles. The van der Waals surface area contributed by atoms with Crippen molar-refractivity contribution in [3.63, 3.8) is 0 Å². The summed E-state index contributed by atoms with van der Waals surface area (Å²) in [6.07, 6.45) is 5.22. The molecular weight excluding hydrogens is 276 g/mol. The predicted molar refractivity (Wildman–Crippen MR) is 87.9 cm³/mol. The fourth-order valence-corrected chi connectivity index (χ4v) is 3.21. The molecule has 0 bridgehead atoms. The Balaban J connectivity index is 1.37. The third-order valence-electron chi connectivity index (χ3n) is 4.45. The SMILES string of the molecule is CCOC1CCN(CCCCn2nnc3ccccc32)CC1. The number of fused-ring (bicyclic) bond motifs is 1. The van der Waals surface area contributed by atoms with Gasteiger partial charge in [0.1, 0.15) is 5.52 Å². The molecule has 1 aromatic heterocycles. The van der Waals surface area contributed by atoms with Crippen LogP contribution in [0.3, 0.4) is 0 Å². The van der Waals surface area contributed by atoms with Gasteiger partial charge in [-0.3, -0.25) is 0 Å². The van der Waals surface area contributed by atoms with Crippen LogP contribution >= 0.6 is 0 Å². The Kier molecular flexibility index (Phi) is 5.40. The molecular formula is C17H26N4O. The van der Waals surface area contributed by atoms with Crippen LogP contribution in [0.2, 0.25) is 0 Å². The summed E-state index contributed by atoms with van der Waals surface area (Å²) in [5.41, 5.74) is 2.13. The summed E-state index contributed by atoms with van der Waals surface area (Å²) < 4.78 is 7.73. The lowest BCUT2D eigenvalue weighted by molar-refractivity contribution is 0.0139. The van der Waals surface area contributed by atoms with Crippen LogP contribution in [0.15, 0.2) is 24.3 Å². The van der Waals surface area contributed by atoms with Crippen molar-refractivity contribution in [3.8, 4) is 0 Å². The number of nitrogens with zero attached hydrogens (tertiary/aromatic N) is 4. The number of likely N-dealkylation sites (tertiary alicyclic amines) is 1. The van der Waals surface area contributed by atoms with Gasteiger partial charge in [0.25, 0.3) is 0 Å². The number of aromatic nitrogens is 3. The molecule has 0 saturated carbocycles. The van der Waals surface area contributed by atoms with Gasteiger partial charge in [0, 0.05) is 26.2 Å². The number of benzene rings is 1. The normalized spacial score (nSPS) is 17.3. The number of piperidine rings is 1. The van der Waals surface area contributed by atoms with Crippen LogP contribution in [0.1, 0.15) is 32.6 Å². The molecule has 1 aliphatic rings. The van der Waals surface area contributed by atoms with E-state index in [1.807, 2.05) is 22.9 Å². The van der Waals surface area contributed by atoms with E-state index in [2.05, 4.69) is 28.2 Å². The van der Waals surface area contributed by atoms with E-state index in [4.69, 9.17) is 4.74 Å². The molecule has 1 saturated heterocycles. The largest absolute Gasteiger partial charge is 0.378 e. The molecule has 0 atom stereocenters. The fraction of sp³-hybridized carbons (Fsp3) is 0.647. The van der Waals surface area contributed by atoms with E-state index in [1.165, 1.54) is 38.9 Å². The Morgan fingerprint density at radius 1 is 1.14 bits per heavy atom. The van der Waals surface area contributed by atoms with E-state index in [9.17, 15) is 0 Å². The molecule has 0 N–H and O–H groups in total. The molecule has 0 unspecified atom stereocenters. The molecule has 0 radical (unpaired) electrons. The number of hydrogen-bond acceptors (Lipinski definition) is 4. The summed E-state index contributed by atoms with van der Waals surface area (Å²) in [4.78, 5) is 2.56. The molecule has 5 nitrogen and oxygen atoms in total. The van der Waals surface area contributed by atoms with Gasteiger partial charge in [0.2, 0.25) is 0 Å². The first-order valence-electron chi connectivity index (χ1n) is 8.49. The van der Waals surface area contributed by atoms with Gasteiger partial charge in [-0.1, -0.05) is 17.3 Å². The molecule has 1 aliphatic heterocycles. The highest BCUT2D eigenvalue weighted by molar-refractivity contribution is 5.73. The van der Waals surface area contributed by atoms with Crippen molar-refractivity contribution in [1.29, 1.82) is 0 Å². The molecule has 2 aromatic rings. The lowest BCUT2D eigenvalue weighted by Gasteiger charge is -2.31. The van der Waals surface area contributed by atoms with Crippen LogP contribution in [0.5, 0.6) is 0 Å². The van der Waals surface area contributed by atoms with Crippen molar-refractivity contribution in [2.45, 2.75) is 45.3 Å².